The number of nitrogens with one attached hydrogen (secondary N) is 1. The summed E-state index contributed by atoms with van der Waals surface area (Å²) in [6.45, 7) is 0. The number of benzene rings is 1. The Hall–Kier alpha value is -1.61. The van der Waals surface area contributed by atoms with E-state index in [9.17, 15) is 0 Å². The molecule has 3 N–H and O–H groups in total. The van der Waals surface area contributed by atoms with Crippen LogP contribution in [0.2, 0.25) is 0 Å². The summed E-state index contributed by atoms with van der Waals surface area (Å²) in [6, 6.07) is 8.39. The molecule has 0 amide bonds. The zero-order valence-electron chi connectivity index (χ0n) is 10.5. The van der Waals surface area contributed by atoms with Gasteiger partial charge in [-0.1, -0.05) is 43.5 Å². The van der Waals surface area contributed by atoms with Gasteiger partial charge in [-0.05, 0) is 18.4 Å². The largest absolute Gasteiger partial charge is 0.345 e. The van der Waals surface area contributed by atoms with Crippen molar-refractivity contribution < 1.29 is 0 Å². The first-order valence-corrected chi connectivity index (χ1v) is 6.68. The van der Waals surface area contributed by atoms with Gasteiger partial charge in [0.25, 0.3) is 0 Å². The van der Waals surface area contributed by atoms with Crippen LogP contribution in [-0.2, 0) is 5.54 Å². The fraction of sp³-hybridized carbons (Fsp3) is 0.400. The fourth-order valence-corrected chi connectivity index (χ4v) is 2.99. The van der Waals surface area contributed by atoms with Crippen molar-refractivity contribution in [3.8, 4) is 11.4 Å². The number of nitrogens with zero attached hydrogens (tertiary/aromatic N) is 1. The number of nitrogens with two attached hydrogens (primary N) is 1. The standard InChI is InChI=1S/C15H19N3/c16-15(8-4-1-5-9-15)13-7-3-2-6-12(13)14-17-10-11-18-14/h2-3,6-7,10-11H,1,4-5,8-9,16H2,(H,17,18). The molecular formula is C15H19N3. The molecule has 0 radical (unpaired) electrons. The maximum Gasteiger partial charge on any atom is 0.137 e. The van der Waals surface area contributed by atoms with Gasteiger partial charge in [-0.15, -0.1) is 0 Å². The maximum absolute atomic E-state index is 6.65. The summed E-state index contributed by atoms with van der Waals surface area (Å²) in [5.41, 5.74) is 8.85. The van der Waals surface area contributed by atoms with Gasteiger partial charge in [0, 0.05) is 23.5 Å². The number of aromatic amines is 1. The van der Waals surface area contributed by atoms with E-state index in [-0.39, 0.29) is 5.54 Å². The van der Waals surface area contributed by atoms with Crippen molar-refractivity contribution in [2.24, 2.45) is 5.73 Å². The summed E-state index contributed by atoms with van der Waals surface area (Å²) in [5.74, 6) is 0.918. The number of H-pyrrole nitrogens is 1. The third-order valence-corrected chi connectivity index (χ3v) is 3.96. The molecule has 1 heterocycles. The molecule has 3 heteroatoms. The minimum atomic E-state index is -0.179. The van der Waals surface area contributed by atoms with E-state index in [0.717, 1.165) is 24.2 Å². The Kier molecular flexibility index (Phi) is 2.92. The highest BCUT2D eigenvalue weighted by Gasteiger charge is 2.31. The summed E-state index contributed by atoms with van der Waals surface area (Å²) in [5, 5.41) is 0. The van der Waals surface area contributed by atoms with E-state index in [2.05, 4.69) is 28.2 Å². The molecule has 0 bridgehead atoms. The zero-order valence-corrected chi connectivity index (χ0v) is 10.5. The van der Waals surface area contributed by atoms with Gasteiger partial charge in [0.05, 0.1) is 0 Å². The molecule has 1 aliphatic rings. The molecule has 1 saturated carbocycles. The first kappa shape index (κ1) is 11.5. The molecule has 1 aliphatic carbocycles. The van der Waals surface area contributed by atoms with E-state index >= 15 is 0 Å². The molecule has 2 aromatic rings. The Labute approximate surface area is 107 Å². The van der Waals surface area contributed by atoms with Crippen LogP contribution in [0.25, 0.3) is 11.4 Å². The molecule has 3 rings (SSSR count). The molecule has 0 spiro atoms. The molecule has 0 saturated heterocycles. The lowest BCUT2D eigenvalue weighted by Crippen LogP contribution is -2.39. The molecule has 94 valence electrons. The SMILES string of the molecule is NC1(c2ccccc2-c2ncc[nH]2)CCCCC1. The van der Waals surface area contributed by atoms with E-state index < -0.39 is 0 Å². The molecule has 0 atom stereocenters. The van der Waals surface area contributed by atoms with Crippen LogP contribution in [0.5, 0.6) is 0 Å². The predicted molar refractivity (Wildman–Crippen MR) is 73.0 cm³/mol. The molecule has 18 heavy (non-hydrogen) atoms. The van der Waals surface area contributed by atoms with Gasteiger partial charge >= 0.3 is 0 Å². The quantitative estimate of drug-likeness (QED) is 0.848. The molecule has 0 unspecified atom stereocenters. The summed E-state index contributed by atoms with van der Waals surface area (Å²) in [7, 11) is 0. The highest BCUT2D eigenvalue weighted by Crippen LogP contribution is 2.38. The van der Waals surface area contributed by atoms with Crippen LogP contribution in [0.4, 0.5) is 0 Å². The monoisotopic (exact) mass is 241 g/mol. The third-order valence-electron chi connectivity index (χ3n) is 3.96. The van der Waals surface area contributed by atoms with Crippen molar-refractivity contribution in [3.05, 3.63) is 42.2 Å². The molecule has 0 aliphatic heterocycles. The normalized spacial score (nSPS) is 18.7. The average molecular weight is 241 g/mol. The third kappa shape index (κ3) is 1.95. The Bertz CT molecular complexity index is 510. The Balaban J connectivity index is 2.06. The van der Waals surface area contributed by atoms with Crippen molar-refractivity contribution in [2.75, 3.05) is 0 Å². The first-order valence-electron chi connectivity index (χ1n) is 6.68. The van der Waals surface area contributed by atoms with E-state index in [0.29, 0.717) is 0 Å². The minimum Gasteiger partial charge on any atom is -0.345 e. The summed E-state index contributed by atoms with van der Waals surface area (Å²) < 4.78 is 0. The smallest absolute Gasteiger partial charge is 0.137 e. The molecule has 1 aromatic carbocycles. The van der Waals surface area contributed by atoms with Gasteiger partial charge in [0.2, 0.25) is 0 Å². The van der Waals surface area contributed by atoms with Gasteiger partial charge in [0.1, 0.15) is 5.82 Å². The van der Waals surface area contributed by atoms with Gasteiger partial charge in [-0.25, -0.2) is 4.98 Å². The lowest BCUT2D eigenvalue weighted by atomic mass is 9.76. The van der Waals surface area contributed by atoms with Crippen LogP contribution in [0.1, 0.15) is 37.7 Å². The van der Waals surface area contributed by atoms with Crippen molar-refractivity contribution >= 4 is 0 Å². The molecule has 3 nitrogen and oxygen atoms in total. The fourth-order valence-electron chi connectivity index (χ4n) is 2.99. The summed E-state index contributed by atoms with van der Waals surface area (Å²) in [4.78, 5) is 7.55. The summed E-state index contributed by atoms with van der Waals surface area (Å²) in [6.07, 6.45) is 9.55. The minimum absolute atomic E-state index is 0.179. The van der Waals surface area contributed by atoms with Gasteiger partial charge in [-0.3, -0.25) is 0 Å². The van der Waals surface area contributed by atoms with Crippen LogP contribution < -0.4 is 5.73 Å². The average Bonchev–Trinajstić information content (AvgIpc) is 2.93. The van der Waals surface area contributed by atoms with Crippen molar-refractivity contribution in [1.29, 1.82) is 0 Å². The Morgan fingerprint density at radius 1 is 1.11 bits per heavy atom. The van der Waals surface area contributed by atoms with Crippen molar-refractivity contribution in [3.63, 3.8) is 0 Å². The van der Waals surface area contributed by atoms with Crippen LogP contribution in [0, 0.1) is 0 Å². The number of aromatic nitrogens is 2. The predicted octanol–water partition coefficient (Wildman–Crippen LogP) is 3.19. The number of rotatable bonds is 2. The van der Waals surface area contributed by atoms with E-state index in [1.54, 1.807) is 6.20 Å². The van der Waals surface area contributed by atoms with Gasteiger partial charge in [0.15, 0.2) is 0 Å². The second-order valence-electron chi connectivity index (χ2n) is 5.20. The van der Waals surface area contributed by atoms with Crippen LogP contribution in [0.3, 0.4) is 0 Å². The molecular weight excluding hydrogens is 222 g/mol. The van der Waals surface area contributed by atoms with Crippen LogP contribution in [0.15, 0.2) is 36.7 Å². The van der Waals surface area contributed by atoms with E-state index in [1.807, 2.05) is 12.3 Å². The van der Waals surface area contributed by atoms with Gasteiger partial charge in [-0.2, -0.15) is 0 Å². The molecule has 1 fully saturated rings. The number of hydrogen-bond donors (Lipinski definition) is 2. The van der Waals surface area contributed by atoms with Crippen molar-refractivity contribution in [2.45, 2.75) is 37.6 Å². The second-order valence-corrected chi connectivity index (χ2v) is 5.20. The second kappa shape index (κ2) is 4.58. The Morgan fingerprint density at radius 2 is 1.89 bits per heavy atom. The van der Waals surface area contributed by atoms with E-state index in [4.69, 9.17) is 5.73 Å². The maximum atomic E-state index is 6.65. The number of imidazole rings is 1. The molecule has 1 aromatic heterocycles. The zero-order chi connectivity index (χ0) is 12.4. The first-order chi connectivity index (χ1) is 8.80. The topological polar surface area (TPSA) is 54.7 Å². The lowest BCUT2D eigenvalue weighted by molar-refractivity contribution is 0.303. The van der Waals surface area contributed by atoms with Crippen LogP contribution >= 0.6 is 0 Å². The highest BCUT2D eigenvalue weighted by atomic mass is 14.9. The highest BCUT2D eigenvalue weighted by molar-refractivity contribution is 5.62. The Morgan fingerprint density at radius 3 is 2.61 bits per heavy atom. The van der Waals surface area contributed by atoms with Gasteiger partial charge < -0.3 is 10.7 Å². The van der Waals surface area contributed by atoms with Crippen LogP contribution in [-0.4, -0.2) is 9.97 Å². The number of hydrogen-bond acceptors (Lipinski definition) is 2. The lowest BCUT2D eigenvalue weighted by Gasteiger charge is -2.35. The summed E-state index contributed by atoms with van der Waals surface area (Å²) >= 11 is 0. The van der Waals surface area contributed by atoms with Crippen molar-refractivity contribution in [1.82, 2.24) is 9.97 Å². The van der Waals surface area contributed by atoms with E-state index in [1.165, 1.54) is 24.8 Å².